The Morgan fingerprint density at radius 3 is 2.42 bits per heavy atom. The summed E-state index contributed by atoms with van der Waals surface area (Å²) < 4.78 is 4.20. The molecule has 0 saturated carbocycles. The molecule has 1 atom stereocenters. The zero-order valence-corrected chi connectivity index (χ0v) is 16.2. The van der Waals surface area contributed by atoms with Crippen molar-refractivity contribution in [3.05, 3.63) is 26.7 Å². The number of rotatable bonds is 4. The second-order valence-electron chi connectivity index (χ2n) is 7.67. The van der Waals surface area contributed by atoms with Crippen LogP contribution >= 0.6 is 0 Å². The molecule has 0 aliphatic carbocycles. The second-order valence-corrected chi connectivity index (χ2v) is 7.67. The van der Waals surface area contributed by atoms with E-state index >= 15 is 0 Å². The van der Waals surface area contributed by atoms with Gasteiger partial charge in [0.15, 0.2) is 22.8 Å². The molecule has 1 unspecified atom stereocenters. The Hall–Kier alpha value is -2.22. The fraction of sp³-hybridized carbons (Fsp3) is 0.667. The number of nitrogens with one attached hydrogen (secondary N) is 1. The van der Waals surface area contributed by atoms with Crippen molar-refractivity contribution in [2.75, 3.05) is 13.1 Å². The molecule has 1 saturated heterocycles. The highest BCUT2D eigenvalue weighted by Gasteiger charge is 2.27. The summed E-state index contributed by atoms with van der Waals surface area (Å²) in [7, 11) is 3.07. The van der Waals surface area contributed by atoms with Gasteiger partial charge < -0.3 is 9.47 Å². The molecule has 0 spiro atoms. The Morgan fingerprint density at radius 2 is 1.85 bits per heavy atom. The van der Waals surface area contributed by atoms with Crippen molar-refractivity contribution >= 4 is 16.9 Å². The summed E-state index contributed by atoms with van der Waals surface area (Å²) in [5.41, 5.74) is -0.131. The molecule has 1 N–H and O–H groups in total. The number of likely N-dealkylation sites (tertiary alicyclic amines) is 1. The van der Waals surface area contributed by atoms with Crippen LogP contribution in [0.15, 0.2) is 9.59 Å². The van der Waals surface area contributed by atoms with Gasteiger partial charge in [0.1, 0.15) is 6.54 Å². The third-order valence-electron chi connectivity index (χ3n) is 5.73. The number of imidazole rings is 1. The van der Waals surface area contributed by atoms with Crippen LogP contribution in [0.25, 0.3) is 11.2 Å². The van der Waals surface area contributed by atoms with Gasteiger partial charge in [-0.1, -0.05) is 6.92 Å². The first-order valence-corrected chi connectivity index (χ1v) is 9.23. The molecule has 2 aromatic heterocycles. The molecule has 1 fully saturated rings. The minimum Gasteiger partial charge on any atom is -0.329 e. The predicted molar refractivity (Wildman–Crippen MR) is 98.4 cm³/mol. The van der Waals surface area contributed by atoms with Crippen molar-refractivity contribution in [1.82, 2.24) is 18.7 Å². The average molecular weight is 362 g/mol. The monoisotopic (exact) mass is 362 g/mol. The number of ketones is 1. The molecule has 0 bridgehead atoms. The van der Waals surface area contributed by atoms with Crippen molar-refractivity contribution in [3.8, 4) is 0 Å². The highest BCUT2D eigenvalue weighted by Crippen LogP contribution is 2.18. The lowest BCUT2D eigenvalue weighted by molar-refractivity contribution is -0.920. The highest BCUT2D eigenvalue weighted by molar-refractivity contribution is 5.82. The van der Waals surface area contributed by atoms with Crippen molar-refractivity contribution < 1.29 is 9.69 Å². The first-order chi connectivity index (χ1) is 12.2. The van der Waals surface area contributed by atoms with E-state index in [2.05, 4.69) is 11.9 Å². The van der Waals surface area contributed by atoms with Crippen LogP contribution in [-0.4, -0.2) is 37.6 Å². The molecular weight excluding hydrogens is 334 g/mol. The van der Waals surface area contributed by atoms with Crippen LogP contribution in [0, 0.1) is 5.92 Å². The van der Waals surface area contributed by atoms with E-state index in [1.54, 1.807) is 18.5 Å². The molecular formula is C18H28N5O3+. The van der Waals surface area contributed by atoms with E-state index in [1.807, 2.05) is 0 Å². The zero-order chi connectivity index (χ0) is 19.2. The standard InChI is InChI=1S/C18H27N5O3/c1-11-6-8-22(9-7-11)10-14-19-16-15(23(14)12(2)13(3)24)17(25)21(5)18(26)20(16)4/h11-12H,6-10H2,1-5H3/p+1. The molecule has 2 aromatic rings. The number of hydrogen-bond acceptors (Lipinski definition) is 4. The number of carbonyl (C=O) groups excluding carboxylic acids is 1. The zero-order valence-electron chi connectivity index (χ0n) is 16.2. The lowest BCUT2D eigenvalue weighted by atomic mass is 9.99. The minimum absolute atomic E-state index is 0.0382. The smallest absolute Gasteiger partial charge is 0.329 e. The Kier molecular flexibility index (Phi) is 4.88. The number of nitrogens with zero attached hydrogens (tertiary/aromatic N) is 4. The van der Waals surface area contributed by atoms with E-state index in [1.165, 1.54) is 23.4 Å². The summed E-state index contributed by atoms with van der Waals surface area (Å²) in [5, 5.41) is 0. The fourth-order valence-corrected chi connectivity index (χ4v) is 3.75. The molecule has 3 rings (SSSR count). The number of piperidine rings is 1. The molecule has 0 radical (unpaired) electrons. The number of Topliss-reactive ketones (excluding diaryl/α,β-unsaturated/α-hetero) is 1. The van der Waals surface area contributed by atoms with E-state index in [9.17, 15) is 14.4 Å². The van der Waals surface area contributed by atoms with E-state index in [0.717, 1.165) is 36.4 Å². The number of aromatic nitrogens is 4. The number of quaternary nitrogens is 1. The maximum atomic E-state index is 12.8. The van der Waals surface area contributed by atoms with Crippen LogP contribution in [0.2, 0.25) is 0 Å². The summed E-state index contributed by atoms with van der Waals surface area (Å²) in [5.74, 6) is 1.40. The number of fused-ring (bicyclic) bond motifs is 1. The van der Waals surface area contributed by atoms with Crippen LogP contribution in [0.3, 0.4) is 0 Å². The lowest BCUT2D eigenvalue weighted by Crippen LogP contribution is -3.11. The van der Waals surface area contributed by atoms with Gasteiger partial charge in [-0.2, -0.15) is 0 Å². The molecule has 26 heavy (non-hydrogen) atoms. The Morgan fingerprint density at radius 1 is 1.23 bits per heavy atom. The molecule has 8 nitrogen and oxygen atoms in total. The Labute approximate surface area is 152 Å². The molecule has 1 aliphatic rings. The van der Waals surface area contributed by atoms with Gasteiger partial charge in [-0.3, -0.25) is 18.7 Å². The largest absolute Gasteiger partial charge is 0.332 e. The third kappa shape index (κ3) is 3.02. The molecule has 8 heteroatoms. The van der Waals surface area contributed by atoms with Gasteiger partial charge in [0.05, 0.1) is 19.1 Å². The van der Waals surface area contributed by atoms with Gasteiger partial charge in [0, 0.05) is 14.1 Å². The van der Waals surface area contributed by atoms with E-state index in [4.69, 9.17) is 0 Å². The van der Waals surface area contributed by atoms with Crippen molar-refractivity contribution in [3.63, 3.8) is 0 Å². The molecule has 0 amide bonds. The van der Waals surface area contributed by atoms with Gasteiger partial charge in [-0.05, 0) is 32.6 Å². The van der Waals surface area contributed by atoms with E-state index in [0.29, 0.717) is 23.5 Å². The molecule has 0 aromatic carbocycles. The SMILES string of the molecule is CC(=O)C(C)n1c(C[NH+]2CCC(C)CC2)nc2c1c(=O)n(C)c(=O)n2C. The first-order valence-electron chi connectivity index (χ1n) is 9.23. The van der Waals surface area contributed by atoms with E-state index < -0.39 is 17.3 Å². The fourth-order valence-electron chi connectivity index (χ4n) is 3.75. The van der Waals surface area contributed by atoms with Gasteiger partial charge in [0.2, 0.25) is 0 Å². The maximum absolute atomic E-state index is 12.8. The van der Waals surface area contributed by atoms with Crippen molar-refractivity contribution in [2.24, 2.45) is 20.0 Å². The minimum atomic E-state index is -0.497. The van der Waals surface area contributed by atoms with E-state index in [-0.39, 0.29) is 5.78 Å². The maximum Gasteiger partial charge on any atom is 0.332 e. The summed E-state index contributed by atoms with van der Waals surface area (Å²) in [6.45, 7) is 8.32. The van der Waals surface area contributed by atoms with Crippen LogP contribution in [0.4, 0.5) is 0 Å². The second kappa shape index (κ2) is 6.83. The van der Waals surface area contributed by atoms with Crippen molar-refractivity contribution in [2.45, 2.75) is 46.2 Å². The topological polar surface area (TPSA) is 83.3 Å². The van der Waals surface area contributed by atoms with Crippen molar-refractivity contribution in [1.29, 1.82) is 0 Å². The normalized spacial score (nSPS) is 21.9. The van der Waals surface area contributed by atoms with Crippen LogP contribution < -0.4 is 16.1 Å². The third-order valence-corrected chi connectivity index (χ3v) is 5.73. The first kappa shape index (κ1) is 18.6. The van der Waals surface area contributed by atoms with Gasteiger partial charge in [-0.25, -0.2) is 9.78 Å². The molecule has 3 heterocycles. The highest BCUT2D eigenvalue weighted by atomic mass is 16.2. The lowest BCUT2D eigenvalue weighted by Gasteiger charge is -2.27. The summed E-state index contributed by atoms with van der Waals surface area (Å²) >= 11 is 0. The summed E-state index contributed by atoms with van der Waals surface area (Å²) in [4.78, 5) is 43.1. The Balaban J connectivity index is 2.18. The van der Waals surface area contributed by atoms with Crippen LogP contribution in [-0.2, 0) is 25.4 Å². The van der Waals surface area contributed by atoms with Gasteiger partial charge in [-0.15, -0.1) is 0 Å². The summed E-state index contributed by atoms with van der Waals surface area (Å²) in [6, 6.07) is -0.497. The van der Waals surface area contributed by atoms with Gasteiger partial charge in [0.25, 0.3) is 5.56 Å². The quantitative estimate of drug-likeness (QED) is 0.787. The van der Waals surface area contributed by atoms with Crippen LogP contribution in [0.5, 0.6) is 0 Å². The van der Waals surface area contributed by atoms with Crippen LogP contribution in [0.1, 0.15) is 45.5 Å². The van der Waals surface area contributed by atoms with Gasteiger partial charge >= 0.3 is 5.69 Å². The molecule has 142 valence electrons. The molecule has 1 aliphatic heterocycles. The number of aryl methyl sites for hydroxylation is 1. The number of hydrogen-bond donors (Lipinski definition) is 1. The Bertz CT molecular complexity index is 960. The summed E-state index contributed by atoms with van der Waals surface area (Å²) in [6.07, 6.45) is 2.33. The number of carbonyl (C=O) groups is 1. The average Bonchev–Trinajstić information content (AvgIpc) is 2.98. The predicted octanol–water partition coefficient (Wildman–Crippen LogP) is -0.601.